The van der Waals surface area contributed by atoms with E-state index in [1.807, 2.05) is 0 Å². The number of rotatable bonds is 10. The van der Waals surface area contributed by atoms with Crippen molar-refractivity contribution in [1.82, 2.24) is 15.3 Å². The third kappa shape index (κ3) is 7.00. The number of thioether (sulfide) groups is 1. The first kappa shape index (κ1) is 22.0. The molecule has 0 aliphatic heterocycles. The van der Waals surface area contributed by atoms with Crippen LogP contribution in [0.5, 0.6) is 11.5 Å². The maximum Gasteiger partial charge on any atom is 0.251 e. The Labute approximate surface area is 171 Å². The number of aromatic amines is 1. The Morgan fingerprint density at radius 3 is 2.72 bits per heavy atom. The number of amides is 2. The zero-order valence-electron chi connectivity index (χ0n) is 16.1. The Bertz CT molecular complexity index is 944. The second-order valence-electron chi connectivity index (χ2n) is 5.71. The van der Waals surface area contributed by atoms with Crippen LogP contribution in [-0.4, -0.2) is 48.3 Å². The maximum atomic E-state index is 12.3. The molecule has 154 valence electrons. The predicted octanol–water partition coefficient (Wildman–Crippen LogP) is 1.36. The van der Waals surface area contributed by atoms with Crippen LogP contribution in [0.3, 0.4) is 0 Å². The number of nitrogens with zero attached hydrogens (tertiary/aromatic N) is 1. The number of methoxy groups -OCH3 is 2. The predicted molar refractivity (Wildman–Crippen MR) is 111 cm³/mol. The van der Waals surface area contributed by atoms with E-state index in [0.29, 0.717) is 29.4 Å². The molecular weight excluding hydrogens is 396 g/mol. The normalized spacial score (nSPS) is 10.1. The van der Waals surface area contributed by atoms with E-state index in [0.717, 1.165) is 11.8 Å². The van der Waals surface area contributed by atoms with Crippen molar-refractivity contribution in [2.24, 2.45) is 0 Å². The van der Waals surface area contributed by atoms with Crippen LogP contribution in [-0.2, 0) is 16.0 Å². The minimum absolute atomic E-state index is 0.00420. The number of ether oxygens (including phenoxy) is 2. The van der Waals surface area contributed by atoms with Crippen molar-refractivity contribution in [3.63, 3.8) is 0 Å². The zero-order chi connectivity index (χ0) is 21.2. The van der Waals surface area contributed by atoms with Crippen LogP contribution in [0.4, 0.5) is 5.69 Å². The fraction of sp³-hybridized carbons (Fsp3) is 0.263. The van der Waals surface area contributed by atoms with E-state index in [9.17, 15) is 14.4 Å². The summed E-state index contributed by atoms with van der Waals surface area (Å²) in [7, 11) is 3.03. The minimum atomic E-state index is -0.397. The fourth-order valence-electron chi connectivity index (χ4n) is 2.28. The molecule has 0 radical (unpaired) electrons. The lowest BCUT2D eigenvalue weighted by molar-refractivity contribution is -0.120. The van der Waals surface area contributed by atoms with Crippen molar-refractivity contribution in [2.75, 3.05) is 31.8 Å². The molecule has 0 unspecified atom stereocenters. The molecule has 2 rings (SSSR count). The lowest BCUT2D eigenvalue weighted by Gasteiger charge is -2.11. The highest BCUT2D eigenvalue weighted by molar-refractivity contribution is 7.99. The number of anilines is 1. The van der Waals surface area contributed by atoms with Crippen molar-refractivity contribution in [3.05, 3.63) is 53.0 Å². The molecule has 0 spiro atoms. The molecule has 10 heteroatoms. The van der Waals surface area contributed by atoms with E-state index < -0.39 is 5.56 Å². The molecule has 0 saturated heterocycles. The van der Waals surface area contributed by atoms with E-state index in [2.05, 4.69) is 27.2 Å². The summed E-state index contributed by atoms with van der Waals surface area (Å²) in [6.45, 7) is 3.85. The van der Waals surface area contributed by atoms with Crippen LogP contribution in [0.15, 0.2) is 46.9 Å². The van der Waals surface area contributed by atoms with Crippen molar-refractivity contribution < 1.29 is 19.1 Å². The standard InChI is InChI=1S/C19H22N4O5S/c1-4-7-20-16(24)8-12-9-17(25)23-19(21-12)29-11-18(26)22-14-6-5-13(27-2)10-15(14)28-3/h4-6,9-10H,1,7-8,11H2,2-3H3,(H,20,24)(H,22,26)(H,21,23,25). The third-order valence-corrected chi connectivity index (χ3v) is 4.45. The number of carbonyl (C=O) groups is 2. The number of hydrogen-bond donors (Lipinski definition) is 3. The van der Waals surface area contributed by atoms with Gasteiger partial charge >= 0.3 is 0 Å². The van der Waals surface area contributed by atoms with E-state index >= 15 is 0 Å². The first-order chi connectivity index (χ1) is 13.9. The van der Waals surface area contributed by atoms with Gasteiger partial charge in [0.1, 0.15) is 11.5 Å². The van der Waals surface area contributed by atoms with Gasteiger partial charge in [-0.15, -0.1) is 6.58 Å². The van der Waals surface area contributed by atoms with Gasteiger partial charge in [0.15, 0.2) is 5.16 Å². The molecule has 2 aromatic rings. The van der Waals surface area contributed by atoms with E-state index in [-0.39, 0.29) is 29.1 Å². The average molecular weight is 418 g/mol. The summed E-state index contributed by atoms with van der Waals surface area (Å²) in [6, 6.07) is 6.27. The van der Waals surface area contributed by atoms with Crippen molar-refractivity contribution in [3.8, 4) is 11.5 Å². The molecule has 2 amide bonds. The fourth-order valence-corrected chi connectivity index (χ4v) is 2.97. The van der Waals surface area contributed by atoms with Gasteiger partial charge < -0.3 is 25.1 Å². The van der Waals surface area contributed by atoms with Gasteiger partial charge in [-0.1, -0.05) is 17.8 Å². The van der Waals surface area contributed by atoms with Crippen molar-refractivity contribution in [1.29, 1.82) is 0 Å². The van der Waals surface area contributed by atoms with Gasteiger partial charge in [-0.05, 0) is 12.1 Å². The number of benzene rings is 1. The monoisotopic (exact) mass is 418 g/mol. The number of carbonyl (C=O) groups excluding carboxylic acids is 2. The summed E-state index contributed by atoms with van der Waals surface area (Å²) in [5.74, 6) is 0.481. The molecule has 0 saturated carbocycles. The molecule has 1 heterocycles. The minimum Gasteiger partial charge on any atom is -0.497 e. The smallest absolute Gasteiger partial charge is 0.251 e. The first-order valence-corrected chi connectivity index (χ1v) is 9.56. The Morgan fingerprint density at radius 2 is 2.03 bits per heavy atom. The van der Waals surface area contributed by atoms with Gasteiger partial charge in [0.2, 0.25) is 11.8 Å². The molecule has 1 aromatic carbocycles. The summed E-state index contributed by atoms with van der Waals surface area (Å²) in [5.41, 5.74) is 0.411. The summed E-state index contributed by atoms with van der Waals surface area (Å²) in [6.07, 6.45) is 1.52. The molecule has 0 atom stereocenters. The molecule has 0 fully saturated rings. The zero-order valence-corrected chi connectivity index (χ0v) is 16.9. The molecule has 0 aliphatic carbocycles. The van der Waals surface area contributed by atoms with Crippen LogP contribution in [0, 0.1) is 0 Å². The maximum absolute atomic E-state index is 12.3. The summed E-state index contributed by atoms with van der Waals surface area (Å²) in [4.78, 5) is 42.6. The lowest BCUT2D eigenvalue weighted by atomic mass is 10.2. The topological polar surface area (TPSA) is 122 Å². The van der Waals surface area contributed by atoms with Crippen LogP contribution in [0.2, 0.25) is 0 Å². The second-order valence-corrected chi connectivity index (χ2v) is 6.68. The van der Waals surface area contributed by atoms with Gasteiger partial charge in [0, 0.05) is 18.7 Å². The first-order valence-electron chi connectivity index (χ1n) is 8.57. The van der Waals surface area contributed by atoms with Crippen LogP contribution in [0.1, 0.15) is 5.69 Å². The van der Waals surface area contributed by atoms with Gasteiger partial charge in [0.05, 0.1) is 37.8 Å². The SMILES string of the molecule is C=CCNC(=O)Cc1cc(=O)[nH]c(SCC(=O)Nc2ccc(OC)cc2OC)n1. The van der Waals surface area contributed by atoms with E-state index in [1.54, 1.807) is 24.3 Å². The van der Waals surface area contributed by atoms with E-state index in [4.69, 9.17) is 9.47 Å². The summed E-state index contributed by atoms with van der Waals surface area (Å²) >= 11 is 1.05. The van der Waals surface area contributed by atoms with Crippen LogP contribution >= 0.6 is 11.8 Å². The number of H-pyrrole nitrogens is 1. The Morgan fingerprint density at radius 1 is 1.24 bits per heavy atom. The van der Waals surface area contributed by atoms with Gasteiger partial charge in [-0.2, -0.15) is 0 Å². The second kappa shape index (κ2) is 10.9. The lowest BCUT2D eigenvalue weighted by Crippen LogP contribution is -2.26. The highest BCUT2D eigenvalue weighted by Gasteiger charge is 2.12. The summed E-state index contributed by atoms with van der Waals surface area (Å²) < 4.78 is 10.4. The molecule has 29 heavy (non-hydrogen) atoms. The summed E-state index contributed by atoms with van der Waals surface area (Å²) in [5, 5.41) is 5.60. The molecule has 1 aromatic heterocycles. The Kier molecular flexibility index (Phi) is 8.28. The average Bonchev–Trinajstić information content (AvgIpc) is 2.70. The van der Waals surface area contributed by atoms with Crippen molar-refractivity contribution >= 4 is 29.3 Å². The number of nitrogens with one attached hydrogen (secondary N) is 3. The molecular formula is C19H22N4O5S. The van der Waals surface area contributed by atoms with Gasteiger partial charge in [-0.25, -0.2) is 4.98 Å². The molecule has 3 N–H and O–H groups in total. The number of aromatic nitrogens is 2. The molecule has 0 bridgehead atoms. The number of hydrogen-bond acceptors (Lipinski definition) is 7. The van der Waals surface area contributed by atoms with Gasteiger partial charge in [-0.3, -0.25) is 14.4 Å². The van der Waals surface area contributed by atoms with Gasteiger partial charge in [0.25, 0.3) is 5.56 Å². The van der Waals surface area contributed by atoms with E-state index in [1.165, 1.54) is 20.3 Å². The highest BCUT2D eigenvalue weighted by atomic mass is 32.2. The molecule has 9 nitrogen and oxygen atoms in total. The third-order valence-electron chi connectivity index (χ3n) is 3.58. The Hall–Kier alpha value is -3.27. The quantitative estimate of drug-likeness (QED) is 0.302. The molecule has 0 aliphatic rings. The highest BCUT2D eigenvalue weighted by Crippen LogP contribution is 2.29. The van der Waals surface area contributed by atoms with Crippen LogP contribution < -0.4 is 25.7 Å². The largest absolute Gasteiger partial charge is 0.497 e. The van der Waals surface area contributed by atoms with Crippen LogP contribution in [0.25, 0.3) is 0 Å². The van der Waals surface area contributed by atoms with Crippen molar-refractivity contribution in [2.45, 2.75) is 11.6 Å². The Balaban J connectivity index is 1.98.